The molecule has 0 unspecified atom stereocenters. The van der Waals surface area contributed by atoms with E-state index in [1.807, 2.05) is 11.8 Å². The van der Waals surface area contributed by atoms with Gasteiger partial charge in [0.05, 0.1) is 21.3 Å². The highest BCUT2D eigenvalue weighted by atomic mass is 32.2. The zero-order valence-corrected chi connectivity index (χ0v) is 29.2. The van der Waals surface area contributed by atoms with Crippen LogP contribution >= 0.6 is 23.1 Å². The minimum atomic E-state index is -0.477. The van der Waals surface area contributed by atoms with E-state index in [0.717, 1.165) is 38.2 Å². The van der Waals surface area contributed by atoms with Crippen LogP contribution in [0.5, 0.6) is 0 Å². The van der Waals surface area contributed by atoms with Crippen molar-refractivity contribution in [3.63, 3.8) is 0 Å². The van der Waals surface area contributed by atoms with Gasteiger partial charge < -0.3 is 0 Å². The smallest absolute Gasteiger partial charge is 0.160 e. The van der Waals surface area contributed by atoms with E-state index >= 15 is 0 Å². The van der Waals surface area contributed by atoms with Crippen LogP contribution in [0.4, 0.5) is 0 Å². The van der Waals surface area contributed by atoms with Crippen LogP contribution in [0.1, 0.15) is 22.3 Å². The van der Waals surface area contributed by atoms with Gasteiger partial charge in [-0.2, -0.15) is 0 Å². The van der Waals surface area contributed by atoms with Crippen LogP contribution in [-0.2, 0) is 5.41 Å². The average Bonchev–Trinajstić information content (AvgIpc) is 3.59. The minimum absolute atomic E-state index is 0.477. The Labute approximate surface area is 305 Å². The summed E-state index contributed by atoms with van der Waals surface area (Å²) in [6, 6.07) is 65.5. The molecular formula is C47H30N2S2. The number of hydrogen-bond acceptors (Lipinski definition) is 4. The first-order valence-electron chi connectivity index (χ1n) is 17.2. The van der Waals surface area contributed by atoms with Crippen molar-refractivity contribution in [3.05, 3.63) is 204 Å². The number of benzene rings is 7. The van der Waals surface area contributed by atoms with Gasteiger partial charge in [0.1, 0.15) is 0 Å². The summed E-state index contributed by atoms with van der Waals surface area (Å²) in [7, 11) is 0. The highest BCUT2D eigenvalue weighted by molar-refractivity contribution is 7.99. The lowest BCUT2D eigenvalue weighted by Gasteiger charge is -2.42. The molecule has 0 amide bonds. The molecule has 0 aliphatic carbocycles. The molecule has 0 radical (unpaired) electrons. The molecule has 4 heteroatoms. The molecule has 2 nitrogen and oxygen atoms in total. The maximum atomic E-state index is 5.41. The minimum Gasteiger partial charge on any atom is -0.226 e. The largest absolute Gasteiger partial charge is 0.226 e. The molecule has 0 atom stereocenters. The first kappa shape index (κ1) is 30.1. The molecule has 240 valence electrons. The van der Waals surface area contributed by atoms with Gasteiger partial charge in [0.25, 0.3) is 0 Å². The van der Waals surface area contributed by atoms with Crippen LogP contribution in [0, 0.1) is 0 Å². The lowest BCUT2D eigenvalue weighted by molar-refractivity contribution is 0.703. The highest BCUT2D eigenvalue weighted by Crippen LogP contribution is 2.56. The predicted molar refractivity (Wildman–Crippen MR) is 214 cm³/mol. The van der Waals surface area contributed by atoms with Gasteiger partial charge in [0, 0.05) is 31.0 Å². The summed E-state index contributed by atoms with van der Waals surface area (Å²) >= 11 is 3.61. The van der Waals surface area contributed by atoms with Crippen molar-refractivity contribution in [1.29, 1.82) is 0 Å². The van der Waals surface area contributed by atoms with E-state index in [9.17, 15) is 0 Å². The van der Waals surface area contributed by atoms with Gasteiger partial charge in [0.2, 0.25) is 0 Å². The SMILES string of the molecule is c1ccc(-c2cccc(-c3nc(-c4ccc5c(c4)Sc4ccccc4C5(c4ccccc4)c4ccccc4)nc4c3sc3ccccc34)c2)cc1. The average molecular weight is 687 g/mol. The molecule has 51 heavy (non-hydrogen) atoms. The zero-order chi connectivity index (χ0) is 33.8. The molecule has 9 aromatic rings. The van der Waals surface area contributed by atoms with Crippen LogP contribution in [0.15, 0.2) is 192 Å². The Bertz CT molecular complexity index is 2680. The lowest BCUT2D eigenvalue weighted by atomic mass is 9.64. The number of rotatable bonds is 5. The molecule has 3 heterocycles. The summed E-state index contributed by atoms with van der Waals surface area (Å²) in [5, 5.41) is 1.16. The second kappa shape index (κ2) is 12.2. The quantitative estimate of drug-likeness (QED) is 0.180. The third-order valence-corrected chi connectivity index (χ3v) is 12.3. The van der Waals surface area contributed by atoms with Crippen molar-refractivity contribution in [2.24, 2.45) is 0 Å². The van der Waals surface area contributed by atoms with Crippen LogP contribution < -0.4 is 0 Å². The van der Waals surface area contributed by atoms with E-state index in [0.29, 0.717) is 0 Å². The third kappa shape index (κ3) is 4.86. The van der Waals surface area contributed by atoms with E-state index < -0.39 is 5.41 Å². The molecule has 1 aliphatic heterocycles. The van der Waals surface area contributed by atoms with Gasteiger partial charge in [-0.3, -0.25) is 0 Å². The molecular weight excluding hydrogens is 657 g/mol. The Balaban J connectivity index is 1.21. The van der Waals surface area contributed by atoms with E-state index in [-0.39, 0.29) is 0 Å². The molecule has 0 fully saturated rings. The summed E-state index contributed by atoms with van der Waals surface area (Å²) < 4.78 is 2.33. The van der Waals surface area contributed by atoms with Crippen molar-refractivity contribution >= 4 is 43.4 Å². The lowest BCUT2D eigenvalue weighted by Crippen LogP contribution is -2.34. The first-order chi connectivity index (χ1) is 25.3. The molecule has 2 aromatic heterocycles. The van der Waals surface area contributed by atoms with Gasteiger partial charge in [0.15, 0.2) is 5.82 Å². The first-order valence-corrected chi connectivity index (χ1v) is 18.8. The molecule has 0 N–H and O–H groups in total. The summed E-state index contributed by atoms with van der Waals surface area (Å²) in [6.07, 6.45) is 0. The van der Waals surface area contributed by atoms with Crippen molar-refractivity contribution in [1.82, 2.24) is 9.97 Å². The van der Waals surface area contributed by atoms with Crippen molar-refractivity contribution < 1.29 is 0 Å². The van der Waals surface area contributed by atoms with E-state index in [2.05, 4.69) is 182 Å². The molecule has 0 bridgehead atoms. The van der Waals surface area contributed by atoms with Gasteiger partial charge in [-0.1, -0.05) is 169 Å². The number of nitrogens with zero attached hydrogens (tertiary/aromatic N) is 2. The Morgan fingerprint density at radius 1 is 0.431 bits per heavy atom. The number of aromatic nitrogens is 2. The Hall–Kier alpha value is -5.81. The van der Waals surface area contributed by atoms with Gasteiger partial charge >= 0.3 is 0 Å². The maximum absolute atomic E-state index is 5.41. The zero-order valence-electron chi connectivity index (χ0n) is 27.5. The monoisotopic (exact) mass is 686 g/mol. The van der Waals surface area contributed by atoms with Crippen LogP contribution in [0.2, 0.25) is 0 Å². The second-order valence-corrected chi connectivity index (χ2v) is 15.0. The third-order valence-electron chi connectivity index (χ3n) is 10.0. The standard InChI is InChI=1S/C47H30N2S2/c1-4-15-31(16-5-1)32-17-14-18-33(29-32)43-45-44(37-23-10-12-25-40(37)51-45)49-46(48-43)34-27-28-39-42(30-34)50-41-26-13-11-24-38(41)47(39,35-19-6-2-7-20-35)36-21-8-3-9-22-36/h1-30H. The Morgan fingerprint density at radius 3 is 1.84 bits per heavy atom. The molecule has 0 saturated carbocycles. The van der Waals surface area contributed by atoms with Gasteiger partial charge in [-0.15, -0.1) is 11.3 Å². The fraction of sp³-hybridized carbons (Fsp3) is 0.0213. The van der Waals surface area contributed by atoms with Crippen LogP contribution in [-0.4, -0.2) is 9.97 Å². The normalized spacial score (nSPS) is 13.2. The molecule has 10 rings (SSSR count). The van der Waals surface area contributed by atoms with E-state index in [1.54, 1.807) is 11.3 Å². The summed E-state index contributed by atoms with van der Waals surface area (Å²) in [6.45, 7) is 0. The summed E-state index contributed by atoms with van der Waals surface area (Å²) in [5.41, 5.74) is 11.0. The fourth-order valence-electron chi connectivity index (χ4n) is 7.74. The summed E-state index contributed by atoms with van der Waals surface area (Å²) in [5.74, 6) is 0.735. The van der Waals surface area contributed by atoms with E-state index in [1.165, 1.54) is 47.9 Å². The summed E-state index contributed by atoms with van der Waals surface area (Å²) in [4.78, 5) is 13.2. The Morgan fingerprint density at radius 2 is 1.06 bits per heavy atom. The maximum Gasteiger partial charge on any atom is 0.160 e. The number of fused-ring (bicyclic) bond motifs is 5. The van der Waals surface area contributed by atoms with Crippen molar-refractivity contribution in [2.75, 3.05) is 0 Å². The van der Waals surface area contributed by atoms with Gasteiger partial charge in [-0.25, -0.2) is 9.97 Å². The Kier molecular flexibility index (Phi) is 7.19. The molecule has 7 aromatic carbocycles. The number of thiophene rings is 1. The molecule has 1 aliphatic rings. The van der Waals surface area contributed by atoms with Crippen molar-refractivity contribution in [3.8, 4) is 33.8 Å². The molecule has 0 saturated heterocycles. The highest BCUT2D eigenvalue weighted by Gasteiger charge is 2.44. The number of hydrogen-bond donors (Lipinski definition) is 0. The fourth-order valence-corrected chi connectivity index (χ4v) is 10.1. The molecule has 0 spiro atoms. The topological polar surface area (TPSA) is 25.8 Å². The van der Waals surface area contributed by atoms with Crippen molar-refractivity contribution in [2.45, 2.75) is 15.2 Å². The predicted octanol–water partition coefficient (Wildman–Crippen LogP) is 12.7. The van der Waals surface area contributed by atoms with Gasteiger partial charge in [-0.05, 0) is 57.6 Å². The second-order valence-electron chi connectivity index (χ2n) is 12.9. The van der Waals surface area contributed by atoms with E-state index in [4.69, 9.17) is 9.97 Å². The van der Waals surface area contributed by atoms with Crippen LogP contribution in [0.3, 0.4) is 0 Å². The van der Waals surface area contributed by atoms with Crippen LogP contribution in [0.25, 0.3) is 54.1 Å².